The zero-order valence-corrected chi connectivity index (χ0v) is 13.8. The Kier molecular flexibility index (Phi) is 4.88. The molecule has 1 N–H and O–H groups in total. The lowest BCUT2D eigenvalue weighted by Crippen LogP contribution is -2.61. The van der Waals surface area contributed by atoms with Gasteiger partial charge in [-0.25, -0.2) is 0 Å². The van der Waals surface area contributed by atoms with Crippen molar-refractivity contribution >= 4 is 5.91 Å². The molecule has 2 aliphatic rings. The van der Waals surface area contributed by atoms with Crippen molar-refractivity contribution in [2.24, 2.45) is 0 Å². The van der Waals surface area contributed by atoms with Crippen molar-refractivity contribution < 1.29 is 18.7 Å². The predicted octanol–water partition coefficient (Wildman–Crippen LogP) is 2.27. The number of rotatable bonds is 4. The number of alkyl halides is 2. The Morgan fingerprint density at radius 1 is 1.08 bits per heavy atom. The van der Waals surface area contributed by atoms with Crippen LogP contribution in [0.25, 0.3) is 0 Å². The molecule has 1 aliphatic heterocycles. The minimum atomic E-state index is -3.68. The minimum Gasteiger partial charge on any atom is -0.383 e. The third kappa shape index (κ3) is 3.30. The van der Waals surface area contributed by atoms with Gasteiger partial charge in [0.25, 0.3) is 5.91 Å². The van der Waals surface area contributed by atoms with Crippen molar-refractivity contribution in [2.75, 3.05) is 26.2 Å². The van der Waals surface area contributed by atoms with Crippen LogP contribution in [0.1, 0.15) is 31.2 Å². The summed E-state index contributed by atoms with van der Waals surface area (Å²) in [5.41, 5.74) is -0.966. The van der Waals surface area contributed by atoms with Gasteiger partial charge in [0.2, 0.25) is 0 Å². The van der Waals surface area contributed by atoms with Crippen molar-refractivity contribution in [1.82, 2.24) is 9.80 Å². The molecule has 0 aromatic heterocycles. The van der Waals surface area contributed by atoms with Gasteiger partial charge in [-0.3, -0.25) is 9.69 Å². The first-order valence-electron chi connectivity index (χ1n) is 8.58. The van der Waals surface area contributed by atoms with E-state index in [0.717, 1.165) is 13.1 Å². The number of benzene rings is 1. The van der Waals surface area contributed by atoms with Crippen molar-refractivity contribution in [2.45, 2.75) is 43.8 Å². The summed E-state index contributed by atoms with van der Waals surface area (Å²) >= 11 is 0. The van der Waals surface area contributed by atoms with Crippen molar-refractivity contribution in [3.63, 3.8) is 0 Å². The number of nitrogens with zero attached hydrogens (tertiary/aromatic N) is 2. The Morgan fingerprint density at radius 2 is 1.79 bits per heavy atom. The molecule has 0 radical (unpaired) electrons. The van der Waals surface area contributed by atoms with Gasteiger partial charge in [-0.15, -0.1) is 0 Å². The molecule has 24 heavy (non-hydrogen) atoms. The van der Waals surface area contributed by atoms with E-state index in [2.05, 4.69) is 4.90 Å². The molecule has 0 spiro atoms. The molecular weight excluding hydrogens is 314 g/mol. The molecule has 6 heteroatoms. The summed E-state index contributed by atoms with van der Waals surface area (Å²) in [5, 5.41) is 9.95. The van der Waals surface area contributed by atoms with Crippen molar-refractivity contribution in [3.05, 3.63) is 35.9 Å². The molecule has 1 aromatic carbocycles. The lowest BCUT2D eigenvalue weighted by Gasteiger charge is -2.43. The van der Waals surface area contributed by atoms with Crippen LogP contribution >= 0.6 is 0 Å². The van der Waals surface area contributed by atoms with Gasteiger partial charge in [0, 0.05) is 32.7 Å². The molecule has 1 saturated heterocycles. The Hall–Kier alpha value is -1.53. The van der Waals surface area contributed by atoms with Crippen LogP contribution in [0.4, 0.5) is 8.78 Å². The molecule has 1 amide bonds. The van der Waals surface area contributed by atoms with E-state index in [1.54, 1.807) is 0 Å². The van der Waals surface area contributed by atoms with Crippen LogP contribution in [0.5, 0.6) is 0 Å². The molecule has 2 fully saturated rings. The van der Waals surface area contributed by atoms with E-state index in [0.29, 0.717) is 25.9 Å². The molecule has 1 heterocycles. The molecule has 132 valence electrons. The Morgan fingerprint density at radius 3 is 2.42 bits per heavy atom. The Bertz CT molecular complexity index is 576. The third-order valence-electron chi connectivity index (χ3n) is 5.16. The van der Waals surface area contributed by atoms with E-state index in [9.17, 15) is 18.7 Å². The monoisotopic (exact) mass is 338 g/mol. The van der Waals surface area contributed by atoms with Gasteiger partial charge in [0.15, 0.2) is 0 Å². The quantitative estimate of drug-likeness (QED) is 0.916. The zero-order valence-electron chi connectivity index (χ0n) is 13.8. The summed E-state index contributed by atoms with van der Waals surface area (Å²) in [6, 6.07) is 9.98. The maximum atomic E-state index is 14.4. The Labute approximate surface area is 141 Å². The van der Waals surface area contributed by atoms with Crippen LogP contribution in [-0.2, 0) is 11.3 Å². The first-order chi connectivity index (χ1) is 11.4. The van der Waals surface area contributed by atoms with Gasteiger partial charge in [0.1, 0.15) is 5.60 Å². The van der Waals surface area contributed by atoms with E-state index >= 15 is 0 Å². The van der Waals surface area contributed by atoms with Gasteiger partial charge >= 0.3 is 5.92 Å². The molecule has 1 saturated carbocycles. The number of amides is 1. The normalized spacial score (nSPS) is 21.9. The number of halogens is 2. The lowest BCUT2D eigenvalue weighted by atomic mass is 9.75. The molecule has 3 rings (SSSR count). The summed E-state index contributed by atoms with van der Waals surface area (Å²) in [6.45, 7) is 2.68. The number of aliphatic hydroxyl groups is 1. The third-order valence-corrected chi connectivity index (χ3v) is 5.16. The maximum absolute atomic E-state index is 14.4. The highest BCUT2D eigenvalue weighted by Gasteiger charge is 2.62. The summed E-state index contributed by atoms with van der Waals surface area (Å²) < 4.78 is 28.7. The van der Waals surface area contributed by atoms with Crippen LogP contribution in [0.15, 0.2) is 30.3 Å². The molecule has 1 aromatic rings. The highest BCUT2D eigenvalue weighted by atomic mass is 19.3. The predicted molar refractivity (Wildman–Crippen MR) is 86.7 cm³/mol. The SMILES string of the molecule is O=C(N1CCCN(Cc2ccccc2)CC1)C(F)(F)C1(O)CCC1. The fourth-order valence-corrected chi connectivity index (χ4v) is 3.40. The average Bonchev–Trinajstić information content (AvgIpc) is 2.78. The minimum absolute atomic E-state index is 0.000286. The lowest BCUT2D eigenvalue weighted by molar-refractivity contribution is -0.223. The number of carbonyl (C=O) groups excluding carboxylic acids is 1. The first-order valence-corrected chi connectivity index (χ1v) is 8.58. The summed E-state index contributed by atoms with van der Waals surface area (Å²) in [6.07, 6.45) is 1.21. The van der Waals surface area contributed by atoms with Crippen molar-refractivity contribution in [3.8, 4) is 0 Å². The molecule has 0 bridgehead atoms. The fraction of sp³-hybridized carbons (Fsp3) is 0.611. The largest absolute Gasteiger partial charge is 0.383 e. The highest BCUT2D eigenvalue weighted by molar-refractivity contribution is 5.85. The molecule has 1 aliphatic carbocycles. The van der Waals surface area contributed by atoms with Crippen LogP contribution in [0.3, 0.4) is 0 Å². The summed E-state index contributed by atoms with van der Waals surface area (Å²) in [5.74, 6) is -4.90. The first kappa shape index (κ1) is 17.3. The molecule has 4 nitrogen and oxygen atoms in total. The second kappa shape index (κ2) is 6.76. The molecular formula is C18H24F2N2O2. The highest BCUT2D eigenvalue weighted by Crippen LogP contribution is 2.45. The number of hydrogen-bond donors (Lipinski definition) is 1. The average molecular weight is 338 g/mol. The maximum Gasteiger partial charge on any atom is 0.352 e. The van der Waals surface area contributed by atoms with Gasteiger partial charge in [-0.05, 0) is 31.2 Å². The second-order valence-electron chi connectivity index (χ2n) is 6.87. The van der Waals surface area contributed by atoms with Crippen LogP contribution in [0, 0.1) is 0 Å². The van der Waals surface area contributed by atoms with Gasteiger partial charge in [-0.2, -0.15) is 8.78 Å². The van der Waals surface area contributed by atoms with E-state index in [4.69, 9.17) is 0 Å². The topological polar surface area (TPSA) is 43.8 Å². The second-order valence-corrected chi connectivity index (χ2v) is 6.87. The van der Waals surface area contributed by atoms with E-state index < -0.39 is 17.4 Å². The van der Waals surface area contributed by atoms with Crippen LogP contribution in [-0.4, -0.2) is 58.5 Å². The summed E-state index contributed by atoms with van der Waals surface area (Å²) in [4.78, 5) is 15.7. The fourth-order valence-electron chi connectivity index (χ4n) is 3.40. The van der Waals surface area contributed by atoms with Crippen molar-refractivity contribution in [1.29, 1.82) is 0 Å². The zero-order chi connectivity index (χ0) is 17.2. The van der Waals surface area contributed by atoms with Crippen LogP contribution in [0.2, 0.25) is 0 Å². The van der Waals surface area contributed by atoms with E-state index in [1.807, 2.05) is 30.3 Å². The summed E-state index contributed by atoms with van der Waals surface area (Å²) in [7, 11) is 0. The van der Waals surface area contributed by atoms with E-state index in [1.165, 1.54) is 10.5 Å². The number of carbonyl (C=O) groups is 1. The van der Waals surface area contributed by atoms with Crippen LogP contribution < -0.4 is 0 Å². The van der Waals surface area contributed by atoms with Gasteiger partial charge < -0.3 is 10.0 Å². The standard InChI is InChI=1S/C18H24F2N2O2/c19-18(20,17(24)8-4-9-17)16(23)22-11-5-10-21(12-13-22)14-15-6-2-1-3-7-15/h1-3,6-7,24H,4-5,8-14H2. The van der Waals surface area contributed by atoms with Gasteiger partial charge in [0.05, 0.1) is 0 Å². The molecule has 0 atom stereocenters. The number of hydrogen-bond acceptors (Lipinski definition) is 3. The van der Waals surface area contributed by atoms with Gasteiger partial charge in [-0.1, -0.05) is 30.3 Å². The van der Waals surface area contributed by atoms with E-state index in [-0.39, 0.29) is 19.4 Å². The molecule has 0 unspecified atom stereocenters. The Balaban J connectivity index is 1.60. The smallest absolute Gasteiger partial charge is 0.352 e.